The van der Waals surface area contributed by atoms with Crippen LogP contribution in [0.5, 0.6) is 11.5 Å². The number of aliphatic carboxylic acids is 1. The quantitative estimate of drug-likeness (QED) is 0.744. The van der Waals surface area contributed by atoms with Crippen molar-refractivity contribution in [3.8, 4) is 11.5 Å². The van der Waals surface area contributed by atoms with Gasteiger partial charge in [-0.2, -0.15) is 0 Å². The lowest BCUT2D eigenvalue weighted by molar-refractivity contribution is -0.305. The van der Waals surface area contributed by atoms with E-state index in [1.54, 1.807) is 18.2 Å². The molecular weight excluding hydrogens is 330 g/mol. The highest BCUT2D eigenvalue weighted by atomic mass is 16.5. The van der Waals surface area contributed by atoms with Crippen molar-refractivity contribution in [2.24, 2.45) is 0 Å². The topological polar surface area (TPSA) is 116 Å². The molecule has 0 aliphatic carbocycles. The summed E-state index contributed by atoms with van der Waals surface area (Å²) < 4.78 is 10.5. The lowest BCUT2D eigenvalue weighted by Crippen LogP contribution is -2.35. The van der Waals surface area contributed by atoms with Gasteiger partial charge in [0.1, 0.15) is 11.5 Å². The van der Waals surface area contributed by atoms with Crippen molar-refractivity contribution in [1.82, 2.24) is 4.90 Å². The fourth-order valence-corrected chi connectivity index (χ4v) is 2.83. The van der Waals surface area contributed by atoms with Gasteiger partial charge in [-0.1, -0.05) is 0 Å². The fourth-order valence-electron chi connectivity index (χ4n) is 2.83. The molecule has 0 aromatic heterocycles. The Morgan fingerprint density at radius 1 is 1.28 bits per heavy atom. The van der Waals surface area contributed by atoms with Gasteiger partial charge in [-0.15, -0.1) is 0 Å². The number of hydrogen-bond donors (Lipinski definition) is 1. The second-order valence-electron chi connectivity index (χ2n) is 5.45. The molecule has 1 heterocycles. The van der Waals surface area contributed by atoms with E-state index in [1.165, 1.54) is 21.1 Å². The van der Waals surface area contributed by atoms with Gasteiger partial charge in [0.25, 0.3) is 5.91 Å². The number of carbonyl (C=O) groups excluding carboxylic acids is 3. The second-order valence-corrected chi connectivity index (χ2v) is 5.45. The number of amides is 1. The molecule has 8 heteroatoms. The molecule has 1 aromatic carbocycles. The molecule has 8 nitrogen and oxygen atoms in total. The molecule has 1 aliphatic heterocycles. The molecule has 0 radical (unpaired) electrons. The Kier molecular flexibility index (Phi) is 5.31. The van der Waals surface area contributed by atoms with Gasteiger partial charge in [-0.05, 0) is 25.1 Å². The molecule has 2 rings (SSSR count). The van der Waals surface area contributed by atoms with Crippen molar-refractivity contribution in [2.45, 2.75) is 19.4 Å². The van der Waals surface area contributed by atoms with Crippen LogP contribution in [0.25, 0.3) is 0 Å². The fraction of sp³-hybridized carbons (Fsp3) is 0.353. The number of benzene rings is 1. The van der Waals surface area contributed by atoms with Crippen LogP contribution in [-0.2, 0) is 14.4 Å². The first-order valence-corrected chi connectivity index (χ1v) is 7.48. The van der Waals surface area contributed by atoms with Crippen molar-refractivity contribution >= 4 is 17.7 Å². The Morgan fingerprint density at radius 3 is 2.48 bits per heavy atom. The average molecular weight is 348 g/mol. The van der Waals surface area contributed by atoms with Crippen LogP contribution in [0.1, 0.15) is 24.9 Å². The number of methoxy groups -OCH3 is 2. The molecule has 134 valence electrons. The largest absolute Gasteiger partial charge is 0.550 e. The molecule has 1 amide bonds. The Labute approximate surface area is 144 Å². The number of ether oxygens (including phenoxy) is 2. The van der Waals surface area contributed by atoms with E-state index >= 15 is 0 Å². The third-order valence-electron chi connectivity index (χ3n) is 3.97. The first-order chi connectivity index (χ1) is 11.8. The Morgan fingerprint density at radius 2 is 1.96 bits per heavy atom. The molecular formula is C17H18NO7-. The van der Waals surface area contributed by atoms with Crippen molar-refractivity contribution in [1.29, 1.82) is 0 Å². The number of aliphatic hydroxyl groups is 1. The third kappa shape index (κ3) is 3.42. The number of aliphatic hydroxyl groups excluding tert-OH is 1. The van der Waals surface area contributed by atoms with Crippen LogP contribution in [0.2, 0.25) is 0 Å². The first kappa shape index (κ1) is 18.3. The Balaban J connectivity index is 2.60. The van der Waals surface area contributed by atoms with Gasteiger partial charge < -0.3 is 29.4 Å². The normalized spacial score (nSPS) is 17.0. The lowest BCUT2D eigenvalue weighted by atomic mass is 9.95. The second kappa shape index (κ2) is 7.25. The standard InChI is InChI=1S/C17H19NO7/c1-9(19)14-15(11-8-10(24-2)4-5-12(11)25-3)18(7-6-13(20)21)17(23)16(14)22/h4-5,8,15,22H,6-7H2,1-3H3,(H,20,21)/p-1/t15-/m0/s1. The van der Waals surface area contributed by atoms with Crippen LogP contribution in [0.4, 0.5) is 0 Å². The third-order valence-corrected chi connectivity index (χ3v) is 3.97. The zero-order chi connectivity index (χ0) is 18.7. The van der Waals surface area contributed by atoms with Gasteiger partial charge in [-0.3, -0.25) is 9.59 Å². The van der Waals surface area contributed by atoms with Crippen molar-refractivity contribution in [2.75, 3.05) is 20.8 Å². The van der Waals surface area contributed by atoms with Crippen LogP contribution in [-0.4, -0.2) is 48.4 Å². The number of carboxylic acids is 1. The number of hydrogen-bond acceptors (Lipinski definition) is 7. The minimum atomic E-state index is -1.35. The van der Waals surface area contributed by atoms with Crippen LogP contribution >= 0.6 is 0 Å². The number of carboxylic acid groups (broad SMARTS) is 1. The van der Waals surface area contributed by atoms with Crippen LogP contribution < -0.4 is 14.6 Å². The molecule has 1 aliphatic rings. The Hall–Kier alpha value is -3.03. The van der Waals surface area contributed by atoms with Crippen molar-refractivity contribution < 1.29 is 34.1 Å². The van der Waals surface area contributed by atoms with Crippen LogP contribution in [0, 0.1) is 0 Å². The smallest absolute Gasteiger partial charge is 0.290 e. The maximum atomic E-state index is 12.4. The highest BCUT2D eigenvalue weighted by Crippen LogP contribution is 2.42. The molecule has 0 bridgehead atoms. The molecule has 0 spiro atoms. The van der Waals surface area contributed by atoms with Gasteiger partial charge >= 0.3 is 0 Å². The zero-order valence-corrected chi connectivity index (χ0v) is 14.1. The summed E-state index contributed by atoms with van der Waals surface area (Å²) in [6.45, 7) is 0.994. The maximum absolute atomic E-state index is 12.4. The van der Waals surface area contributed by atoms with Crippen LogP contribution in [0.3, 0.4) is 0 Å². The summed E-state index contributed by atoms with van der Waals surface area (Å²) in [6, 6.07) is 3.84. The molecule has 1 N–H and O–H groups in total. The predicted octanol–water partition coefficient (Wildman–Crippen LogP) is 0.128. The molecule has 1 aromatic rings. The molecule has 0 fully saturated rings. The van der Waals surface area contributed by atoms with E-state index in [1.807, 2.05) is 0 Å². The van der Waals surface area contributed by atoms with E-state index in [2.05, 4.69) is 0 Å². The van der Waals surface area contributed by atoms with Gasteiger partial charge in [-0.25, -0.2) is 0 Å². The summed E-state index contributed by atoms with van der Waals surface area (Å²) in [5.74, 6) is -2.54. The average Bonchev–Trinajstić information content (AvgIpc) is 2.83. The first-order valence-electron chi connectivity index (χ1n) is 7.48. The predicted molar refractivity (Wildman–Crippen MR) is 84.0 cm³/mol. The van der Waals surface area contributed by atoms with E-state index in [0.29, 0.717) is 17.1 Å². The SMILES string of the molecule is COc1ccc(OC)c([C@H]2C(C(C)=O)=C(O)C(=O)N2CCC(=O)[O-])c1. The lowest BCUT2D eigenvalue weighted by Gasteiger charge is -2.28. The number of Topliss-reactive ketones (excluding diaryl/α,β-unsaturated/α-hetero) is 1. The molecule has 25 heavy (non-hydrogen) atoms. The highest BCUT2D eigenvalue weighted by molar-refractivity contribution is 6.08. The van der Waals surface area contributed by atoms with E-state index < -0.39 is 35.9 Å². The highest BCUT2D eigenvalue weighted by Gasteiger charge is 2.43. The van der Waals surface area contributed by atoms with E-state index in [0.717, 1.165) is 4.90 Å². The van der Waals surface area contributed by atoms with Crippen LogP contribution in [0.15, 0.2) is 29.5 Å². The summed E-state index contributed by atoms with van der Waals surface area (Å²) in [6.07, 6.45) is -0.438. The number of ketones is 1. The minimum absolute atomic E-state index is 0.116. The monoisotopic (exact) mass is 348 g/mol. The van der Waals surface area contributed by atoms with E-state index in [4.69, 9.17) is 9.47 Å². The number of rotatable bonds is 7. The summed E-state index contributed by atoms with van der Waals surface area (Å²) in [7, 11) is 2.88. The molecule has 0 saturated carbocycles. The van der Waals surface area contributed by atoms with E-state index in [-0.39, 0.29) is 12.1 Å². The van der Waals surface area contributed by atoms with Gasteiger partial charge in [0.05, 0.1) is 25.8 Å². The van der Waals surface area contributed by atoms with Crippen molar-refractivity contribution in [3.63, 3.8) is 0 Å². The maximum Gasteiger partial charge on any atom is 0.290 e. The summed E-state index contributed by atoms with van der Waals surface area (Å²) in [5, 5.41) is 20.9. The molecule has 0 unspecified atom stereocenters. The van der Waals surface area contributed by atoms with Gasteiger partial charge in [0.2, 0.25) is 0 Å². The zero-order valence-electron chi connectivity index (χ0n) is 14.1. The Bertz CT molecular complexity index is 753. The summed E-state index contributed by atoms with van der Waals surface area (Å²) in [4.78, 5) is 36.3. The van der Waals surface area contributed by atoms with Gasteiger partial charge in [0.15, 0.2) is 11.5 Å². The molecule has 0 saturated heterocycles. The minimum Gasteiger partial charge on any atom is -0.550 e. The van der Waals surface area contributed by atoms with Gasteiger partial charge in [0, 0.05) is 24.5 Å². The number of nitrogens with zero attached hydrogens (tertiary/aromatic N) is 1. The number of carbonyl (C=O) groups is 3. The summed E-state index contributed by atoms with van der Waals surface area (Å²) >= 11 is 0. The molecule has 1 atom stereocenters. The van der Waals surface area contributed by atoms with E-state index in [9.17, 15) is 24.6 Å². The van der Waals surface area contributed by atoms with Crippen molar-refractivity contribution in [3.05, 3.63) is 35.1 Å². The summed E-state index contributed by atoms with van der Waals surface area (Å²) in [5.41, 5.74) is 0.290.